The minimum Gasteiger partial charge on any atom is -0.307 e. The van der Waals surface area contributed by atoms with Gasteiger partial charge < -0.3 is 5.32 Å². The summed E-state index contributed by atoms with van der Waals surface area (Å²) in [6.07, 6.45) is 0. The van der Waals surface area contributed by atoms with Crippen molar-refractivity contribution in [2.75, 3.05) is 5.32 Å². The maximum Gasteiger partial charge on any atom is 0.230 e. The van der Waals surface area contributed by atoms with E-state index in [1.54, 1.807) is 30.0 Å². The van der Waals surface area contributed by atoms with E-state index in [9.17, 15) is 4.39 Å². The predicted octanol–water partition coefficient (Wildman–Crippen LogP) is 5.58. The Morgan fingerprint density at radius 1 is 0.967 bits per heavy atom. The number of hydrogen-bond acceptors (Lipinski definition) is 6. The highest BCUT2D eigenvalue weighted by Crippen LogP contribution is 2.27. The van der Waals surface area contributed by atoms with Crippen molar-refractivity contribution in [3.05, 3.63) is 77.1 Å². The van der Waals surface area contributed by atoms with Crippen LogP contribution in [0.1, 0.15) is 12.5 Å². The summed E-state index contributed by atoms with van der Waals surface area (Å²) >= 11 is 7.81. The van der Waals surface area contributed by atoms with Crippen molar-refractivity contribution in [1.29, 1.82) is 0 Å². The monoisotopic (exact) mass is 440 g/mol. The lowest BCUT2D eigenvalue weighted by atomic mass is 10.1. The van der Waals surface area contributed by atoms with E-state index in [1.165, 1.54) is 12.1 Å². The minimum atomic E-state index is -0.285. The second kappa shape index (κ2) is 9.23. The van der Waals surface area contributed by atoms with Crippen LogP contribution in [-0.4, -0.2) is 25.0 Å². The molecule has 30 heavy (non-hydrogen) atoms. The van der Waals surface area contributed by atoms with Gasteiger partial charge in [-0.25, -0.2) is 4.39 Å². The molecule has 4 aromatic rings. The second-order valence-electron chi connectivity index (χ2n) is 6.37. The van der Waals surface area contributed by atoms with Crippen molar-refractivity contribution >= 4 is 35.1 Å². The zero-order chi connectivity index (χ0) is 20.9. The highest BCUT2D eigenvalue weighted by atomic mass is 35.5. The van der Waals surface area contributed by atoms with E-state index in [-0.39, 0.29) is 5.82 Å². The molecule has 0 unspecified atom stereocenters. The molecule has 9 heteroatoms. The Bertz CT molecular complexity index is 1130. The van der Waals surface area contributed by atoms with Crippen LogP contribution < -0.4 is 5.32 Å². The Morgan fingerprint density at radius 3 is 2.47 bits per heavy atom. The molecule has 2 heterocycles. The molecule has 152 valence electrons. The molecule has 2 aromatic carbocycles. The molecule has 0 saturated carbocycles. The maximum atomic E-state index is 13.1. The number of anilines is 2. The normalized spacial score (nSPS) is 10.9. The number of thioether (sulfide) groups is 1. The summed E-state index contributed by atoms with van der Waals surface area (Å²) in [5.41, 5.74) is 2.51. The third-order valence-corrected chi connectivity index (χ3v) is 5.78. The first-order valence-corrected chi connectivity index (χ1v) is 10.7. The molecule has 0 aliphatic carbocycles. The zero-order valence-electron chi connectivity index (χ0n) is 16.1. The van der Waals surface area contributed by atoms with E-state index < -0.39 is 0 Å². The van der Waals surface area contributed by atoms with Crippen LogP contribution in [0.5, 0.6) is 0 Å². The van der Waals surface area contributed by atoms with Gasteiger partial charge in [-0.3, -0.25) is 4.57 Å². The number of rotatable bonds is 7. The molecule has 0 bridgehead atoms. The van der Waals surface area contributed by atoms with E-state index in [2.05, 4.69) is 25.7 Å². The van der Waals surface area contributed by atoms with Gasteiger partial charge in [0.2, 0.25) is 5.95 Å². The van der Waals surface area contributed by atoms with E-state index >= 15 is 0 Å². The minimum absolute atomic E-state index is 0.285. The van der Waals surface area contributed by atoms with Gasteiger partial charge in [0.1, 0.15) is 5.82 Å². The van der Waals surface area contributed by atoms with Crippen LogP contribution in [0.2, 0.25) is 5.02 Å². The molecule has 6 nitrogen and oxygen atoms in total. The van der Waals surface area contributed by atoms with Gasteiger partial charge in [0, 0.05) is 22.9 Å². The third-order valence-electron chi connectivity index (χ3n) is 4.39. The lowest BCUT2D eigenvalue weighted by molar-refractivity contribution is 0.628. The van der Waals surface area contributed by atoms with Crippen molar-refractivity contribution in [1.82, 2.24) is 25.0 Å². The number of hydrogen-bond donors (Lipinski definition) is 1. The standard InChI is InChI=1S/C21H18ClFN6S/c1-2-29-20(27-28-21(29)30-13-15-5-3-4-6-17(15)22)24-19-12-11-18(25-26-19)14-7-9-16(23)10-8-14/h3-12H,2,13H2,1H3,(H,24,26,27). The fourth-order valence-corrected chi connectivity index (χ4v) is 4.11. The van der Waals surface area contributed by atoms with Crippen LogP contribution in [0, 0.1) is 5.82 Å². The number of halogens is 2. The van der Waals surface area contributed by atoms with Crippen molar-refractivity contribution < 1.29 is 4.39 Å². The first-order valence-electron chi connectivity index (χ1n) is 9.30. The Hall–Kier alpha value is -2.97. The first-order chi connectivity index (χ1) is 14.6. The van der Waals surface area contributed by atoms with E-state index in [0.29, 0.717) is 29.8 Å². The first kappa shape index (κ1) is 20.3. The number of benzene rings is 2. The van der Waals surface area contributed by atoms with Crippen molar-refractivity contribution in [2.45, 2.75) is 24.4 Å². The van der Waals surface area contributed by atoms with Gasteiger partial charge in [-0.15, -0.1) is 20.4 Å². The summed E-state index contributed by atoms with van der Waals surface area (Å²) < 4.78 is 15.1. The lowest BCUT2D eigenvalue weighted by Gasteiger charge is -2.09. The predicted molar refractivity (Wildman–Crippen MR) is 117 cm³/mol. The molecule has 0 aliphatic heterocycles. The van der Waals surface area contributed by atoms with Crippen LogP contribution in [0.3, 0.4) is 0 Å². The number of nitrogens with zero attached hydrogens (tertiary/aromatic N) is 5. The molecule has 0 radical (unpaired) electrons. The average Bonchev–Trinajstić information content (AvgIpc) is 3.15. The van der Waals surface area contributed by atoms with Gasteiger partial charge in [-0.1, -0.05) is 41.6 Å². The molecule has 0 spiro atoms. The van der Waals surface area contributed by atoms with Crippen molar-refractivity contribution in [3.8, 4) is 11.3 Å². The number of aromatic nitrogens is 5. The quantitative estimate of drug-likeness (QED) is 0.378. The van der Waals surface area contributed by atoms with Crippen LogP contribution in [0.25, 0.3) is 11.3 Å². The molecule has 1 N–H and O–H groups in total. The molecule has 0 amide bonds. The highest BCUT2D eigenvalue weighted by molar-refractivity contribution is 7.98. The van der Waals surface area contributed by atoms with Gasteiger partial charge in [-0.05, 0) is 55.0 Å². The topological polar surface area (TPSA) is 68.5 Å². The third kappa shape index (κ3) is 4.60. The highest BCUT2D eigenvalue weighted by Gasteiger charge is 2.13. The molecule has 0 fully saturated rings. The SMILES string of the molecule is CCn1c(Nc2ccc(-c3ccc(F)cc3)nn2)nnc1SCc1ccccc1Cl. The van der Waals surface area contributed by atoms with E-state index in [4.69, 9.17) is 11.6 Å². The van der Waals surface area contributed by atoms with Crippen molar-refractivity contribution in [2.24, 2.45) is 0 Å². The summed E-state index contributed by atoms with van der Waals surface area (Å²) in [6.45, 7) is 2.72. The Balaban J connectivity index is 1.47. The molecular weight excluding hydrogens is 423 g/mol. The number of nitrogens with one attached hydrogen (secondary N) is 1. The fourth-order valence-electron chi connectivity index (χ4n) is 2.82. The molecule has 4 rings (SSSR count). The van der Waals surface area contributed by atoms with Gasteiger partial charge >= 0.3 is 0 Å². The molecular formula is C21H18ClFN6S. The molecule has 0 saturated heterocycles. The van der Waals surface area contributed by atoms with E-state index in [0.717, 1.165) is 21.3 Å². The van der Waals surface area contributed by atoms with Crippen LogP contribution in [0.15, 0.2) is 65.8 Å². The van der Waals surface area contributed by atoms with Crippen LogP contribution >= 0.6 is 23.4 Å². The van der Waals surface area contributed by atoms with Gasteiger partial charge in [-0.2, -0.15) is 0 Å². The van der Waals surface area contributed by atoms with Gasteiger partial charge in [0.15, 0.2) is 11.0 Å². The Labute approximate surface area is 182 Å². The average molecular weight is 441 g/mol. The zero-order valence-corrected chi connectivity index (χ0v) is 17.7. The Morgan fingerprint density at radius 2 is 1.77 bits per heavy atom. The molecule has 0 atom stereocenters. The second-order valence-corrected chi connectivity index (χ2v) is 7.72. The summed E-state index contributed by atoms with van der Waals surface area (Å²) in [5, 5.41) is 21.6. The van der Waals surface area contributed by atoms with Gasteiger partial charge in [0.25, 0.3) is 0 Å². The Kier molecular flexibility index (Phi) is 6.25. The van der Waals surface area contributed by atoms with Gasteiger partial charge in [0.05, 0.1) is 5.69 Å². The van der Waals surface area contributed by atoms with Crippen LogP contribution in [-0.2, 0) is 12.3 Å². The maximum absolute atomic E-state index is 13.1. The summed E-state index contributed by atoms with van der Waals surface area (Å²) in [7, 11) is 0. The molecule has 0 aliphatic rings. The smallest absolute Gasteiger partial charge is 0.230 e. The largest absolute Gasteiger partial charge is 0.307 e. The summed E-state index contributed by atoms with van der Waals surface area (Å²) in [6, 6.07) is 17.5. The summed E-state index contributed by atoms with van der Waals surface area (Å²) in [4.78, 5) is 0. The fraction of sp³-hybridized carbons (Fsp3) is 0.143. The lowest BCUT2D eigenvalue weighted by Crippen LogP contribution is -2.05. The van der Waals surface area contributed by atoms with Crippen LogP contribution in [0.4, 0.5) is 16.2 Å². The molecule has 2 aromatic heterocycles. The van der Waals surface area contributed by atoms with E-state index in [1.807, 2.05) is 41.8 Å². The summed E-state index contributed by atoms with van der Waals surface area (Å²) in [5.74, 6) is 1.55. The van der Waals surface area contributed by atoms with Crippen molar-refractivity contribution in [3.63, 3.8) is 0 Å².